The molecule has 2 heterocycles. The van der Waals surface area contributed by atoms with E-state index in [1.54, 1.807) is 6.92 Å². The van der Waals surface area contributed by atoms with Crippen molar-refractivity contribution in [2.45, 2.75) is 59.9 Å². The monoisotopic (exact) mass is 364 g/mol. The Labute approximate surface area is 153 Å². The van der Waals surface area contributed by atoms with Gasteiger partial charge in [0.05, 0.1) is 12.1 Å². The molecule has 1 aromatic heterocycles. The number of carbonyl (C=O) groups excluding carboxylic acids is 1. The van der Waals surface area contributed by atoms with Crippen molar-refractivity contribution in [1.82, 2.24) is 4.90 Å². The van der Waals surface area contributed by atoms with E-state index in [0.717, 1.165) is 29.8 Å². The van der Waals surface area contributed by atoms with Gasteiger partial charge in [0.2, 0.25) is 5.91 Å². The molecule has 1 aromatic rings. The summed E-state index contributed by atoms with van der Waals surface area (Å²) < 4.78 is 0. The van der Waals surface area contributed by atoms with Crippen molar-refractivity contribution in [2.75, 3.05) is 18.4 Å². The maximum Gasteiger partial charge on any atom is 0.338 e. The number of rotatable bonds is 4. The number of hydrogen-bond donors (Lipinski definition) is 2. The Hall–Kier alpha value is -1.40. The second kappa shape index (κ2) is 6.09. The van der Waals surface area contributed by atoms with Crippen LogP contribution in [-0.4, -0.2) is 41.0 Å². The molecule has 138 valence electrons. The quantitative estimate of drug-likeness (QED) is 0.850. The third-order valence-electron chi connectivity index (χ3n) is 5.72. The fraction of sp³-hybridized carbons (Fsp3) is 0.684. The van der Waals surface area contributed by atoms with Gasteiger partial charge in [-0.2, -0.15) is 0 Å². The molecule has 2 bridgehead atoms. The highest BCUT2D eigenvalue weighted by atomic mass is 32.1. The van der Waals surface area contributed by atoms with Gasteiger partial charge < -0.3 is 10.4 Å². The van der Waals surface area contributed by atoms with Crippen molar-refractivity contribution in [3.63, 3.8) is 0 Å². The second-order valence-electron chi connectivity index (χ2n) is 8.96. The van der Waals surface area contributed by atoms with Gasteiger partial charge >= 0.3 is 5.97 Å². The van der Waals surface area contributed by atoms with Gasteiger partial charge in [0.1, 0.15) is 5.00 Å². The molecule has 6 heteroatoms. The highest BCUT2D eigenvalue weighted by Gasteiger charge is 2.49. The molecule has 1 amide bonds. The van der Waals surface area contributed by atoms with Gasteiger partial charge in [-0.1, -0.05) is 20.8 Å². The number of anilines is 1. The molecule has 5 nitrogen and oxygen atoms in total. The van der Waals surface area contributed by atoms with Crippen molar-refractivity contribution >= 4 is 28.2 Å². The standard InChI is InChI=1S/C19H28N2O3S/c1-11-12(2)25-16(15(11)17(23)24)20-14(22)8-21-10-19(5)7-13(21)6-18(3,4)9-19/h13H,6-10H2,1-5H3,(H,20,22)(H,23,24). The second-order valence-corrected chi connectivity index (χ2v) is 10.2. The molecule has 0 aromatic carbocycles. The first kappa shape index (κ1) is 18.4. The van der Waals surface area contributed by atoms with E-state index < -0.39 is 5.97 Å². The topological polar surface area (TPSA) is 69.6 Å². The number of aromatic carboxylic acids is 1. The Balaban J connectivity index is 1.70. The van der Waals surface area contributed by atoms with Gasteiger partial charge in [-0.15, -0.1) is 11.3 Å². The lowest BCUT2D eigenvalue weighted by atomic mass is 9.65. The minimum Gasteiger partial charge on any atom is -0.478 e. The Morgan fingerprint density at radius 1 is 1.28 bits per heavy atom. The molecule has 2 aliphatic rings. The number of carbonyl (C=O) groups is 2. The van der Waals surface area contributed by atoms with Crippen molar-refractivity contribution in [3.05, 3.63) is 16.0 Å². The number of thiophene rings is 1. The first-order chi connectivity index (χ1) is 11.5. The maximum atomic E-state index is 12.6. The molecule has 2 fully saturated rings. The molecule has 2 N–H and O–H groups in total. The van der Waals surface area contributed by atoms with Crippen molar-refractivity contribution in [1.29, 1.82) is 0 Å². The maximum absolute atomic E-state index is 12.6. The highest BCUT2D eigenvalue weighted by Crippen LogP contribution is 2.52. The van der Waals surface area contributed by atoms with Crippen LogP contribution in [0.15, 0.2) is 0 Å². The molecular formula is C19H28N2O3S. The molecule has 1 saturated carbocycles. The summed E-state index contributed by atoms with van der Waals surface area (Å²) in [5, 5.41) is 12.7. The lowest BCUT2D eigenvalue weighted by molar-refractivity contribution is -0.117. The van der Waals surface area contributed by atoms with Crippen LogP contribution in [-0.2, 0) is 4.79 Å². The summed E-state index contributed by atoms with van der Waals surface area (Å²) >= 11 is 1.34. The largest absolute Gasteiger partial charge is 0.478 e. The molecule has 0 spiro atoms. The average molecular weight is 365 g/mol. The van der Waals surface area contributed by atoms with Crippen LogP contribution in [0.25, 0.3) is 0 Å². The Kier molecular flexibility index (Phi) is 4.48. The molecule has 1 aliphatic carbocycles. The van der Waals surface area contributed by atoms with E-state index in [1.807, 2.05) is 6.92 Å². The number of hydrogen-bond acceptors (Lipinski definition) is 4. The summed E-state index contributed by atoms with van der Waals surface area (Å²) in [6, 6.07) is 0.449. The molecule has 2 unspecified atom stereocenters. The van der Waals surface area contributed by atoms with Gasteiger partial charge in [0.25, 0.3) is 0 Å². The van der Waals surface area contributed by atoms with Gasteiger partial charge in [-0.3, -0.25) is 9.69 Å². The summed E-state index contributed by atoms with van der Waals surface area (Å²) in [5.74, 6) is -1.10. The molecular weight excluding hydrogens is 336 g/mol. The molecule has 25 heavy (non-hydrogen) atoms. The number of likely N-dealkylation sites (tertiary alicyclic amines) is 1. The lowest BCUT2D eigenvalue weighted by Crippen LogP contribution is -2.38. The van der Waals surface area contributed by atoms with E-state index in [0.29, 0.717) is 23.0 Å². The van der Waals surface area contributed by atoms with E-state index >= 15 is 0 Å². The van der Waals surface area contributed by atoms with Crippen molar-refractivity contribution < 1.29 is 14.7 Å². The molecule has 0 radical (unpaired) electrons. The Morgan fingerprint density at radius 3 is 2.60 bits per heavy atom. The number of aryl methyl sites for hydroxylation is 1. The summed E-state index contributed by atoms with van der Waals surface area (Å²) in [6.45, 7) is 11.9. The van der Waals surface area contributed by atoms with Crippen LogP contribution < -0.4 is 5.32 Å². The van der Waals surface area contributed by atoms with Crippen molar-refractivity contribution in [2.24, 2.45) is 10.8 Å². The smallest absolute Gasteiger partial charge is 0.338 e. The van der Waals surface area contributed by atoms with Crippen LogP contribution in [0, 0.1) is 24.7 Å². The van der Waals surface area contributed by atoms with E-state index in [4.69, 9.17) is 0 Å². The first-order valence-corrected chi connectivity index (χ1v) is 9.69. The summed E-state index contributed by atoms with van der Waals surface area (Å²) in [6.07, 6.45) is 3.47. The number of nitrogens with zero attached hydrogens (tertiary/aromatic N) is 1. The highest BCUT2D eigenvalue weighted by molar-refractivity contribution is 7.16. The first-order valence-electron chi connectivity index (χ1n) is 8.87. The number of amides is 1. The van der Waals surface area contributed by atoms with Crippen LogP contribution in [0.1, 0.15) is 60.8 Å². The predicted molar refractivity (Wildman–Crippen MR) is 100 cm³/mol. The molecule has 2 atom stereocenters. The van der Waals surface area contributed by atoms with E-state index in [-0.39, 0.29) is 16.9 Å². The molecule has 3 rings (SSSR count). The van der Waals surface area contributed by atoms with Crippen LogP contribution >= 0.6 is 11.3 Å². The summed E-state index contributed by atoms with van der Waals surface area (Å²) in [7, 11) is 0. The summed E-state index contributed by atoms with van der Waals surface area (Å²) in [4.78, 5) is 27.3. The number of carboxylic acids is 1. The minimum absolute atomic E-state index is 0.113. The lowest BCUT2D eigenvalue weighted by Gasteiger charge is -2.39. The van der Waals surface area contributed by atoms with Crippen molar-refractivity contribution in [3.8, 4) is 0 Å². The zero-order valence-corrected chi connectivity index (χ0v) is 16.5. The van der Waals surface area contributed by atoms with Crippen LogP contribution in [0.5, 0.6) is 0 Å². The molecule has 1 aliphatic heterocycles. The van der Waals surface area contributed by atoms with E-state index in [2.05, 4.69) is 31.0 Å². The zero-order valence-electron chi connectivity index (χ0n) is 15.7. The Morgan fingerprint density at radius 2 is 1.96 bits per heavy atom. The van der Waals surface area contributed by atoms with Gasteiger partial charge in [-0.05, 0) is 49.5 Å². The normalized spacial score (nSPS) is 28.1. The van der Waals surface area contributed by atoms with Crippen LogP contribution in [0.4, 0.5) is 5.00 Å². The zero-order chi connectivity index (χ0) is 18.6. The number of carboxylic acid groups (broad SMARTS) is 1. The average Bonchev–Trinajstić information content (AvgIpc) is 2.82. The molecule has 1 saturated heterocycles. The van der Waals surface area contributed by atoms with E-state index in [1.165, 1.54) is 17.8 Å². The van der Waals surface area contributed by atoms with Gasteiger partial charge in [-0.25, -0.2) is 4.79 Å². The van der Waals surface area contributed by atoms with Gasteiger partial charge in [0, 0.05) is 17.5 Å². The minimum atomic E-state index is -0.983. The van der Waals surface area contributed by atoms with Gasteiger partial charge in [0.15, 0.2) is 0 Å². The third-order valence-corrected chi connectivity index (χ3v) is 6.84. The Bertz CT molecular complexity index is 724. The predicted octanol–water partition coefficient (Wildman–Crippen LogP) is 3.90. The fourth-order valence-electron chi connectivity index (χ4n) is 5.08. The SMILES string of the molecule is Cc1sc(NC(=O)CN2CC3(C)CC2CC(C)(C)C3)c(C(=O)O)c1C. The number of fused-ring (bicyclic) bond motifs is 2. The summed E-state index contributed by atoms with van der Waals surface area (Å²) in [5.41, 5.74) is 1.57. The van der Waals surface area contributed by atoms with Crippen LogP contribution in [0.3, 0.4) is 0 Å². The van der Waals surface area contributed by atoms with E-state index in [9.17, 15) is 14.7 Å². The van der Waals surface area contributed by atoms with Crippen LogP contribution in [0.2, 0.25) is 0 Å². The third kappa shape index (κ3) is 3.60. The fourth-order valence-corrected chi connectivity index (χ4v) is 6.15. The number of nitrogens with one attached hydrogen (secondary N) is 1.